The van der Waals surface area contributed by atoms with Crippen molar-refractivity contribution in [2.45, 2.75) is 6.54 Å². The Balaban J connectivity index is 2.16. The Labute approximate surface area is 149 Å². The number of halogens is 1. The van der Waals surface area contributed by atoms with Gasteiger partial charge in [-0.3, -0.25) is 4.79 Å². The van der Waals surface area contributed by atoms with E-state index < -0.39 is 0 Å². The van der Waals surface area contributed by atoms with Crippen molar-refractivity contribution in [3.8, 4) is 17.2 Å². The van der Waals surface area contributed by atoms with Gasteiger partial charge in [0.25, 0.3) is 5.91 Å². The quantitative estimate of drug-likeness (QED) is 0.720. The molecule has 0 aliphatic rings. The lowest BCUT2D eigenvalue weighted by Gasteiger charge is -2.14. The lowest BCUT2D eigenvalue weighted by atomic mass is 10.1. The molecule has 2 aromatic rings. The summed E-state index contributed by atoms with van der Waals surface area (Å²) < 4.78 is 17.0. The van der Waals surface area contributed by atoms with Gasteiger partial charge in [0, 0.05) is 27.3 Å². The summed E-state index contributed by atoms with van der Waals surface area (Å²) in [5.74, 6) is 1.66. The van der Waals surface area contributed by atoms with Crippen LogP contribution < -0.4 is 19.5 Å². The van der Waals surface area contributed by atoms with Crippen LogP contribution in [0.15, 0.2) is 36.4 Å². The Morgan fingerprint density at radius 2 is 1.52 bits per heavy atom. The Bertz CT molecular complexity index is 686. The maximum Gasteiger partial charge on any atom is 0.251 e. The van der Waals surface area contributed by atoms with Crippen LogP contribution in [-0.2, 0) is 6.54 Å². The fourth-order valence-electron chi connectivity index (χ4n) is 2.11. The van der Waals surface area contributed by atoms with Crippen molar-refractivity contribution in [1.29, 1.82) is 0 Å². The van der Waals surface area contributed by atoms with E-state index >= 15 is 0 Å². The van der Waals surface area contributed by atoms with Crippen LogP contribution in [0.4, 0.5) is 0 Å². The molecule has 0 aliphatic heterocycles. The van der Waals surface area contributed by atoms with Crippen molar-refractivity contribution >= 4 is 28.5 Å². The van der Waals surface area contributed by atoms with Crippen LogP contribution in [0.2, 0.25) is 0 Å². The smallest absolute Gasteiger partial charge is 0.251 e. The first-order valence-electron chi connectivity index (χ1n) is 6.91. The second-order valence-corrected chi connectivity index (χ2v) is 5.95. The van der Waals surface area contributed by atoms with Crippen molar-refractivity contribution in [3.63, 3.8) is 0 Å². The van der Waals surface area contributed by atoms with Crippen molar-refractivity contribution in [2.75, 3.05) is 21.3 Å². The molecule has 0 radical (unpaired) electrons. The number of benzene rings is 2. The van der Waals surface area contributed by atoms with E-state index in [1.165, 1.54) is 0 Å². The molecule has 122 valence electrons. The molecular formula is C17H18INO4. The van der Waals surface area contributed by atoms with Gasteiger partial charge in [0.05, 0.1) is 21.3 Å². The molecule has 23 heavy (non-hydrogen) atoms. The molecule has 0 heterocycles. The summed E-state index contributed by atoms with van der Waals surface area (Å²) in [5.41, 5.74) is 1.42. The van der Waals surface area contributed by atoms with Gasteiger partial charge in [0.1, 0.15) is 5.75 Å². The van der Waals surface area contributed by atoms with Crippen LogP contribution in [0.3, 0.4) is 0 Å². The minimum atomic E-state index is -0.141. The third-order valence-corrected chi connectivity index (χ3v) is 4.05. The normalized spacial score (nSPS) is 10.1. The minimum Gasteiger partial charge on any atom is -0.496 e. The molecule has 0 atom stereocenters. The fraction of sp³-hybridized carbons (Fsp3) is 0.235. The topological polar surface area (TPSA) is 56.8 Å². The first-order valence-corrected chi connectivity index (χ1v) is 7.99. The number of amides is 1. The van der Waals surface area contributed by atoms with Crippen molar-refractivity contribution in [1.82, 2.24) is 5.32 Å². The zero-order chi connectivity index (χ0) is 16.8. The number of hydrogen-bond acceptors (Lipinski definition) is 4. The van der Waals surface area contributed by atoms with Crippen molar-refractivity contribution in [3.05, 3.63) is 51.1 Å². The van der Waals surface area contributed by atoms with Crippen LogP contribution in [-0.4, -0.2) is 27.2 Å². The van der Waals surface area contributed by atoms with E-state index in [2.05, 4.69) is 27.9 Å². The van der Waals surface area contributed by atoms with Gasteiger partial charge >= 0.3 is 0 Å². The van der Waals surface area contributed by atoms with Gasteiger partial charge in [0.15, 0.2) is 11.5 Å². The standard InChI is InChI=1S/C17H18INO4/c1-21-14-9-16(23-3)15(22-2)8-12(14)10-19-17(20)11-4-6-13(18)7-5-11/h4-9H,10H2,1-3H3,(H,19,20). The van der Waals surface area contributed by atoms with E-state index in [9.17, 15) is 4.79 Å². The fourth-order valence-corrected chi connectivity index (χ4v) is 2.47. The van der Waals surface area contributed by atoms with Gasteiger partial charge in [0.2, 0.25) is 0 Å². The highest BCUT2D eigenvalue weighted by Crippen LogP contribution is 2.34. The maximum absolute atomic E-state index is 12.2. The summed E-state index contributed by atoms with van der Waals surface area (Å²) in [7, 11) is 4.71. The van der Waals surface area contributed by atoms with Crippen LogP contribution in [0.5, 0.6) is 17.2 Å². The summed E-state index contributed by atoms with van der Waals surface area (Å²) in [6.07, 6.45) is 0. The molecule has 0 bridgehead atoms. The first-order chi connectivity index (χ1) is 11.1. The van der Waals surface area contributed by atoms with E-state index in [0.717, 1.165) is 9.13 Å². The largest absolute Gasteiger partial charge is 0.496 e. The van der Waals surface area contributed by atoms with E-state index in [1.54, 1.807) is 45.6 Å². The van der Waals surface area contributed by atoms with E-state index in [1.807, 2.05) is 12.1 Å². The Morgan fingerprint density at radius 3 is 2.09 bits per heavy atom. The van der Waals surface area contributed by atoms with Crippen molar-refractivity contribution in [2.24, 2.45) is 0 Å². The summed E-state index contributed by atoms with van der Waals surface area (Å²) >= 11 is 2.20. The lowest BCUT2D eigenvalue weighted by Crippen LogP contribution is -2.23. The van der Waals surface area contributed by atoms with Crippen molar-refractivity contribution < 1.29 is 19.0 Å². The molecule has 0 unspecified atom stereocenters. The first kappa shape index (κ1) is 17.4. The number of nitrogens with one attached hydrogen (secondary N) is 1. The van der Waals surface area contributed by atoms with Crippen LogP contribution in [0.1, 0.15) is 15.9 Å². The van der Waals surface area contributed by atoms with Crippen LogP contribution in [0, 0.1) is 3.57 Å². The van der Waals surface area contributed by atoms with Gasteiger partial charge in [-0.25, -0.2) is 0 Å². The Morgan fingerprint density at radius 1 is 0.957 bits per heavy atom. The van der Waals surface area contributed by atoms with Gasteiger partial charge in [-0.2, -0.15) is 0 Å². The number of methoxy groups -OCH3 is 3. The van der Waals surface area contributed by atoms with Crippen LogP contribution >= 0.6 is 22.6 Å². The highest BCUT2D eigenvalue weighted by molar-refractivity contribution is 14.1. The number of rotatable bonds is 6. The SMILES string of the molecule is COc1cc(OC)c(OC)cc1CNC(=O)c1ccc(I)cc1. The molecular weight excluding hydrogens is 409 g/mol. The zero-order valence-electron chi connectivity index (χ0n) is 13.2. The highest BCUT2D eigenvalue weighted by Gasteiger charge is 2.13. The molecule has 0 aliphatic carbocycles. The molecule has 2 rings (SSSR count). The Kier molecular flexibility index (Phi) is 6.09. The van der Waals surface area contributed by atoms with E-state index in [4.69, 9.17) is 14.2 Å². The second kappa shape index (κ2) is 8.05. The highest BCUT2D eigenvalue weighted by atomic mass is 127. The number of carbonyl (C=O) groups excluding carboxylic acids is 1. The molecule has 2 aromatic carbocycles. The Hall–Kier alpha value is -1.96. The van der Waals surface area contributed by atoms with E-state index in [-0.39, 0.29) is 5.91 Å². The van der Waals surface area contributed by atoms with E-state index in [0.29, 0.717) is 29.4 Å². The third kappa shape index (κ3) is 4.28. The molecule has 0 spiro atoms. The molecule has 5 nitrogen and oxygen atoms in total. The van der Waals surface area contributed by atoms with Gasteiger partial charge in [-0.15, -0.1) is 0 Å². The summed E-state index contributed by atoms with van der Waals surface area (Å²) in [6, 6.07) is 10.9. The maximum atomic E-state index is 12.2. The number of ether oxygens (including phenoxy) is 3. The minimum absolute atomic E-state index is 0.141. The zero-order valence-corrected chi connectivity index (χ0v) is 15.3. The van der Waals surface area contributed by atoms with Crippen LogP contribution in [0.25, 0.3) is 0 Å². The number of hydrogen-bond donors (Lipinski definition) is 1. The predicted molar refractivity (Wildman–Crippen MR) is 96.4 cm³/mol. The lowest BCUT2D eigenvalue weighted by molar-refractivity contribution is 0.0950. The second-order valence-electron chi connectivity index (χ2n) is 4.71. The molecule has 1 amide bonds. The molecule has 0 fully saturated rings. The molecule has 0 aromatic heterocycles. The summed E-state index contributed by atoms with van der Waals surface area (Å²) in [5, 5.41) is 2.88. The average Bonchev–Trinajstić information content (AvgIpc) is 2.59. The summed E-state index contributed by atoms with van der Waals surface area (Å²) in [6.45, 7) is 0.328. The monoisotopic (exact) mass is 427 g/mol. The summed E-state index contributed by atoms with van der Waals surface area (Å²) in [4.78, 5) is 12.2. The predicted octanol–water partition coefficient (Wildman–Crippen LogP) is 3.25. The average molecular weight is 427 g/mol. The van der Waals surface area contributed by atoms with Gasteiger partial charge in [-0.05, 0) is 52.9 Å². The van der Waals surface area contributed by atoms with Gasteiger partial charge < -0.3 is 19.5 Å². The molecule has 6 heteroatoms. The third-order valence-electron chi connectivity index (χ3n) is 3.33. The van der Waals surface area contributed by atoms with Gasteiger partial charge in [-0.1, -0.05) is 0 Å². The molecule has 0 saturated carbocycles. The number of carbonyl (C=O) groups is 1. The molecule has 1 N–H and O–H groups in total. The molecule has 0 saturated heterocycles.